The Kier molecular flexibility index (Phi) is 9.53. The van der Waals surface area contributed by atoms with Gasteiger partial charge in [0, 0.05) is 13.0 Å². The molecule has 0 fully saturated rings. The zero-order chi connectivity index (χ0) is 19.6. The minimum atomic E-state index is -0.238. The first kappa shape index (κ1) is 22.3. The van der Waals surface area contributed by atoms with Crippen molar-refractivity contribution in [1.82, 2.24) is 5.32 Å². The molecule has 0 unspecified atom stereocenters. The van der Waals surface area contributed by atoms with Gasteiger partial charge in [0.05, 0.1) is 7.11 Å². The average Bonchev–Trinajstić information content (AvgIpc) is 2.60. The SMILES string of the molecule is CCC(C)(C)Oc1ccc(CNC(=O)CCCCCC(C)C)cc1OC. The number of rotatable bonds is 12. The highest BCUT2D eigenvalue weighted by molar-refractivity contribution is 5.75. The highest BCUT2D eigenvalue weighted by atomic mass is 16.5. The first-order chi connectivity index (χ1) is 12.3. The molecule has 0 aromatic heterocycles. The van der Waals surface area contributed by atoms with Crippen LogP contribution in [0.1, 0.15) is 78.7 Å². The van der Waals surface area contributed by atoms with Gasteiger partial charge in [0.25, 0.3) is 0 Å². The summed E-state index contributed by atoms with van der Waals surface area (Å²) in [5.74, 6) is 2.29. The van der Waals surface area contributed by atoms with Crippen molar-refractivity contribution >= 4 is 5.91 Å². The Morgan fingerprint density at radius 3 is 2.50 bits per heavy atom. The van der Waals surface area contributed by atoms with E-state index in [0.29, 0.717) is 18.7 Å². The third-order valence-corrected chi connectivity index (χ3v) is 4.64. The highest BCUT2D eigenvalue weighted by Crippen LogP contribution is 2.32. The average molecular weight is 364 g/mol. The smallest absolute Gasteiger partial charge is 0.220 e. The molecule has 0 radical (unpaired) electrons. The Bertz CT molecular complexity index is 552. The molecule has 0 aliphatic carbocycles. The van der Waals surface area contributed by atoms with E-state index < -0.39 is 0 Å². The predicted molar refractivity (Wildman–Crippen MR) is 108 cm³/mol. The molecule has 1 rings (SSSR count). The number of carbonyl (C=O) groups is 1. The number of amides is 1. The van der Waals surface area contributed by atoms with E-state index in [1.807, 2.05) is 18.2 Å². The second-order valence-corrected chi connectivity index (χ2v) is 7.97. The summed E-state index contributed by atoms with van der Waals surface area (Å²) in [4.78, 5) is 12.0. The lowest BCUT2D eigenvalue weighted by atomic mass is 10.0. The summed E-state index contributed by atoms with van der Waals surface area (Å²) in [6.45, 7) is 11.2. The molecule has 1 aromatic rings. The van der Waals surface area contributed by atoms with Crippen LogP contribution >= 0.6 is 0 Å². The standard InChI is InChI=1S/C22H37NO3/c1-7-22(4,5)26-19-14-13-18(15-20(19)25-6)16-23-21(24)12-10-8-9-11-17(2)3/h13-15,17H,7-12,16H2,1-6H3,(H,23,24). The molecule has 26 heavy (non-hydrogen) atoms. The van der Waals surface area contributed by atoms with Crippen LogP contribution < -0.4 is 14.8 Å². The van der Waals surface area contributed by atoms with Crippen molar-refractivity contribution in [3.05, 3.63) is 23.8 Å². The minimum absolute atomic E-state index is 0.112. The molecule has 0 aliphatic heterocycles. The van der Waals surface area contributed by atoms with E-state index in [1.54, 1.807) is 7.11 Å². The van der Waals surface area contributed by atoms with Gasteiger partial charge < -0.3 is 14.8 Å². The summed E-state index contributed by atoms with van der Waals surface area (Å²) in [5.41, 5.74) is 0.773. The van der Waals surface area contributed by atoms with Crippen LogP contribution in [0.25, 0.3) is 0 Å². The number of carbonyl (C=O) groups excluding carboxylic acids is 1. The summed E-state index contributed by atoms with van der Waals surface area (Å²) < 4.78 is 11.5. The minimum Gasteiger partial charge on any atom is -0.493 e. The summed E-state index contributed by atoms with van der Waals surface area (Å²) in [7, 11) is 1.64. The monoisotopic (exact) mass is 363 g/mol. The Hall–Kier alpha value is -1.71. The van der Waals surface area contributed by atoms with Crippen LogP contribution in [0.15, 0.2) is 18.2 Å². The van der Waals surface area contributed by atoms with Gasteiger partial charge in [0.15, 0.2) is 11.5 Å². The molecule has 148 valence electrons. The van der Waals surface area contributed by atoms with Crippen LogP contribution in [-0.2, 0) is 11.3 Å². The highest BCUT2D eigenvalue weighted by Gasteiger charge is 2.19. The predicted octanol–water partition coefficient (Wildman–Crippen LogP) is 5.49. The molecular weight excluding hydrogens is 326 g/mol. The quantitative estimate of drug-likeness (QED) is 0.500. The van der Waals surface area contributed by atoms with E-state index in [4.69, 9.17) is 9.47 Å². The lowest BCUT2D eigenvalue weighted by Crippen LogP contribution is -2.27. The fourth-order valence-corrected chi connectivity index (χ4v) is 2.58. The lowest BCUT2D eigenvalue weighted by molar-refractivity contribution is -0.121. The number of nitrogens with one attached hydrogen (secondary N) is 1. The molecule has 0 aliphatic rings. The van der Waals surface area contributed by atoms with Crippen LogP contribution in [0.2, 0.25) is 0 Å². The van der Waals surface area contributed by atoms with Crippen molar-refractivity contribution in [2.75, 3.05) is 7.11 Å². The Labute approximate surface area is 159 Å². The van der Waals surface area contributed by atoms with E-state index in [9.17, 15) is 4.79 Å². The Morgan fingerprint density at radius 2 is 1.88 bits per heavy atom. The van der Waals surface area contributed by atoms with Crippen molar-refractivity contribution < 1.29 is 14.3 Å². The molecule has 0 atom stereocenters. The van der Waals surface area contributed by atoms with Gasteiger partial charge in [-0.15, -0.1) is 0 Å². The summed E-state index contributed by atoms with van der Waals surface area (Å²) in [6.07, 6.45) is 6.04. The Morgan fingerprint density at radius 1 is 1.15 bits per heavy atom. The van der Waals surface area contributed by atoms with Gasteiger partial charge in [-0.3, -0.25) is 4.79 Å². The number of methoxy groups -OCH3 is 1. The van der Waals surface area contributed by atoms with Gasteiger partial charge in [-0.25, -0.2) is 0 Å². The number of hydrogen-bond acceptors (Lipinski definition) is 3. The number of ether oxygens (including phenoxy) is 2. The molecule has 4 heteroatoms. The molecule has 0 spiro atoms. The molecule has 1 N–H and O–H groups in total. The summed E-state index contributed by atoms with van der Waals surface area (Å²) in [5, 5.41) is 2.99. The van der Waals surface area contributed by atoms with Crippen LogP contribution in [-0.4, -0.2) is 18.6 Å². The van der Waals surface area contributed by atoms with Crippen molar-refractivity contribution in [2.24, 2.45) is 5.92 Å². The van der Waals surface area contributed by atoms with E-state index in [-0.39, 0.29) is 11.5 Å². The van der Waals surface area contributed by atoms with Crippen molar-refractivity contribution in [2.45, 2.75) is 85.3 Å². The number of benzene rings is 1. The molecule has 0 heterocycles. The van der Waals surface area contributed by atoms with Gasteiger partial charge in [0.2, 0.25) is 5.91 Å². The zero-order valence-electron chi connectivity index (χ0n) is 17.5. The van der Waals surface area contributed by atoms with Gasteiger partial charge >= 0.3 is 0 Å². The van der Waals surface area contributed by atoms with Crippen LogP contribution in [0, 0.1) is 5.92 Å². The molecule has 4 nitrogen and oxygen atoms in total. The van der Waals surface area contributed by atoms with Crippen molar-refractivity contribution in [3.63, 3.8) is 0 Å². The third-order valence-electron chi connectivity index (χ3n) is 4.64. The van der Waals surface area contributed by atoms with E-state index in [1.165, 1.54) is 12.8 Å². The fraction of sp³-hybridized carbons (Fsp3) is 0.682. The largest absolute Gasteiger partial charge is 0.493 e. The molecule has 0 saturated heterocycles. The number of hydrogen-bond donors (Lipinski definition) is 1. The molecular formula is C22H37NO3. The van der Waals surface area contributed by atoms with Gasteiger partial charge in [-0.05, 0) is 50.3 Å². The number of unbranched alkanes of at least 4 members (excludes halogenated alkanes) is 2. The fourth-order valence-electron chi connectivity index (χ4n) is 2.58. The lowest BCUT2D eigenvalue weighted by Gasteiger charge is -2.26. The first-order valence-electron chi connectivity index (χ1n) is 9.90. The zero-order valence-corrected chi connectivity index (χ0v) is 17.5. The van der Waals surface area contributed by atoms with E-state index in [0.717, 1.165) is 36.5 Å². The van der Waals surface area contributed by atoms with E-state index in [2.05, 4.69) is 39.9 Å². The van der Waals surface area contributed by atoms with Crippen LogP contribution in [0.4, 0.5) is 0 Å². The van der Waals surface area contributed by atoms with Gasteiger partial charge in [0.1, 0.15) is 5.60 Å². The van der Waals surface area contributed by atoms with Crippen LogP contribution in [0.3, 0.4) is 0 Å². The third kappa shape index (κ3) is 8.59. The van der Waals surface area contributed by atoms with Gasteiger partial charge in [-0.2, -0.15) is 0 Å². The molecule has 1 amide bonds. The van der Waals surface area contributed by atoms with Crippen molar-refractivity contribution in [3.8, 4) is 11.5 Å². The molecule has 0 bridgehead atoms. The summed E-state index contributed by atoms with van der Waals surface area (Å²) >= 11 is 0. The second kappa shape index (κ2) is 11.1. The maximum atomic E-state index is 12.0. The maximum Gasteiger partial charge on any atom is 0.220 e. The van der Waals surface area contributed by atoms with Crippen molar-refractivity contribution in [1.29, 1.82) is 0 Å². The van der Waals surface area contributed by atoms with Crippen LogP contribution in [0.5, 0.6) is 11.5 Å². The normalized spacial score (nSPS) is 11.5. The second-order valence-electron chi connectivity index (χ2n) is 7.97. The molecule has 1 aromatic carbocycles. The summed E-state index contributed by atoms with van der Waals surface area (Å²) in [6, 6.07) is 5.83. The Balaban J connectivity index is 2.46. The molecule has 0 saturated carbocycles. The maximum absolute atomic E-state index is 12.0. The van der Waals surface area contributed by atoms with E-state index >= 15 is 0 Å². The first-order valence-corrected chi connectivity index (χ1v) is 9.90. The topological polar surface area (TPSA) is 47.6 Å². The van der Waals surface area contributed by atoms with Gasteiger partial charge in [-0.1, -0.05) is 46.1 Å².